The molecule has 1 aliphatic heterocycles. The molecule has 0 spiro atoms. The first-order valence-corrected chi connectivity index (χ1v) is 12.2. The Morgan fingerprint density at radius 1 is 0.857 bits per heavy atom. The molecule has 3 nitrogen and oxygen atoms in total. The van der Waals surface area contributed by atoms with E-state index in [2.05, 4.69) is 34.5 Å². The zero-order valence-corrected chi connectivity index (χ0v) is 19.5. The van der Waals surface area contributed by atoms with E-state index in [9.17, 15) is 18.0 Å². The van der Waals surface area contributed by atoms with E-state index in [1.165, 1.54) is 30.5 Å². The minimum absolute atomic E-state index is 0.174. The highest BCUT2D eigenvalue weighted by Gasteiger charge is 2.41. The number of halogens is 3. The Hall–Kier alpha value is -3.12. The van der Waals surface area contributed by atoms with Crippen LogP contribution in [0.15, 0.2) is 78.9 Å². The number of piperidine rings is 1. The first-order valence-electron chi connectivity index (χ1n) is 12.2. The molecule has 1 aliphatic carbocycles. The molecule has 1 saturated carbocycles. The van der Waals surface area contributed by atoms with Crippen molar-refractivity contribution >= 4 is 5.91 Å². The van der Waals surface area contributed by atoms with Gasteiger partial charge in [-0.1, -0.05) is 60.7 Å². The summed E-state index contributed by atoms with van der Waals surface area (Å²) < 4.78 is 38.8. The van der Waals surface area contributed by atoms with Crippen LogP contribution in [0.1, 0.15) is 34.3 Å². The summed E-state index contributed by atoms with van der Waals surface area (Å²) in [6.45, 7) is 3.70. The number of nitrogens with one attached hydrogen (secondary N) is 1. The summed E-state index contributed by atoms with van der Waals surface area (Å²) >= 11 is 0. The molecule has 2 aliphatic rings. The molecule has 182 valence electrons. The van der Waals surface area contributed by atoms with Crippen LogP contribution in [0.2, 0.25) is 0 Å². The first kappa shape index (κ1) is 23.6. The lowest BCUT2D eigenvalue weighted by Crippen LogP contribution is -2.45. The Labute approximate surface area is 204 Å². The number of amides is 1. The summed E-state index contributed by atoms with van der Waals surface area (Å²) in [5.74, 6) is 1.43. The van der Waals surface area contributed by atoms with E-state index < -0.39 is 11.7 Å². The van der Waals surface area contributed by atoms with E-state index in [4.69, 9.17) is 0 Å². The monoisotopic (exact) mass is 478 g/mol. The molecule has 0 radical (unpaired) electrons. The molecule has 1 saturated heterocycles. The maximum absolute atomic E-state index is 13.1. The zero-order chi connectivity index (χ0) is 24.4. The Morgan fingerprint density at radius 3 is 2.14 bits per heavy atom. The van der Waals surface area contributed by atoms with Gasteiger partial charge >= 0.3 is 6.18 Å². The quantitative estimate of drug-likeness (QED) is 0.454. The Kier molecular flexibility index (Phi) is 6.65. The maximum Gasteiger partial charge on any atom is 0.416 e. The van der Waals surface area contributed by atoms with Gasteiger partial charge in [0.05, 0.1) is 5.56 Å². The Balaban J connectivity index is 1.23. The van der Waals surface area contributed by atoms with Crippen LogP contribution in [0.4, 0.5) is 13.2 Å². The predicted molar refractivity (Wildman–Crippen MR) is 131 cm³/mol. The van der Waals surface area contributed by atoms with E-state index in [-0.39, 0.29) is 5.91 Å². The molecule has 2 unspecified atom stereocenters. The van der Waals surface area contributed by atoms with Gasteiger partial charge in [-0.15, -0.1) is 0 Å². The fourth-order valence-electron chi connectivity index (χ4n) is 5.81. The second-order valence-electron chi connectivity index (χ2n) is 9.77. The summed E-state index contributed by atoms with van der Waals surface area (Å²) in [4.78, 5) is 15.7. The second-order valence-corrected chi connectivity index (χ2v) is 9.77. The van der Waals surface area contributed by atoms with Gasteiger partial charge in [-0.25, -0.2) is 0 Å². The maximum atomic E-state index is 13.1. The number of alkyl halides is 3. The van der Waals surface area contributed by atoms with Gasteiger partial charge in [0.1, 0.15) is 0 Å². The summed E-state index contributed by atoms with van der Waals surface area (Å²) in [5.41, 5.74) is 2.36. The highest BCUT2D eigenvalue weighted by Crippen LogP contribution is 2.42. The molecule has 0 aromatic heterocycles. The van der Waals surface area contributed by atoms with Gasteiger partial charge < -0.3 is 5.32 Å². The zero-order valence-electron chi connectivity index (χ0n) is 19.5. The average molecular weight is 479 g/mol. The molecule has 1 heterocycles. The van der Waals surface area contributed by atoms with Crippen LogP contribution >= 0.6 is 0 Å². The van der Waals surface area contributed by atoms with Gasteiger partial charge in [-0.05, 0) is 65.5 Å². The molecule has 1 N–H and O–H groups in total. The number of hydrogen-bond acceptors (Lipinski definition) is 2. The summed E-state index contributed by atoms with van der Waals surface area (Å²) in [7, 11) is 0. The van der Waals surface area contributed by atoms with Gasteiger partial charge in [0, 0.05) is 31.7 Å². The van der Waals surface area contributed by atoms with Crippen LogP contribution in [-0.4, -0.2) is 30.4 Å². The summed E-state index contributed by atoms with van der Waals surface area (Å²) in [6.07, 6.45) is -2.00. The van der Waals surface area contributed by atoms with Crippen molar-refractivity contribution in [1.29, 1.82) is 0 Å². The molecular formula is C29H29F3N2O. The highest BCUT2D eigenvalue weighted by molar-refractivity contribution is 6.00. The molecular weight excluding hydrogens is 449 g/mol. The van der Waals surface area contributed by atoms with Crippen LogP contribution < -0.4 is 5.32 Å². The van der Waals surface area contributed by atoms with Gasteiger partial charge in [0.2, 0.25) is 0 Å². The van der Waals surface area contributed by atoms with Crippen molar-refractivity contribution in [2.24, 2.45) is 17.8 Å². The Morgan fingerprint density at radius 2 is 1.49 bits per heavy atom. The van der Waals surface area contributed by atoms with E-state index in [1.807, 2.05) is 6.07 Å². The van der Waals surface area contributed by atoms with Gasteiger partial charge in [-0.2, -0.15) is 13.2 Å². The second kappa shape index (κ2) is 9.86. The fraction of sp³-hybridized carbons (Fsp3) is 0.345. The lowest BCUT2D eigenvalue weighted by Gasteiger charge is -2.38. The molecule has 3 aromatic carbocycles. The number of fused-ring (bicyclic) bond motifs is 2. The van der Waals surface area contributed by atoms with Crippen molar-refractivity contribution in [1.82, 2.24) is 10.2 Å². The smallest absolute Gasteiger partial charge is 0.352 e. The fourth-order valence-corrected chi connectivity index (χ4v) is 5.81. The topological polar surface area (TPSA) is 32.3 Å². The largest absolute Gasteiger partial charge is 0.416 e. The molecule has 3 aromatic rings. The van der Waals surface area contributed by atoms with Crippen molar-refractivity contribution in [3.8, 4) is 11.1 Å². The highest BCUT2D eigenvalue weighted by atomic mass is 19.4. The molecule has 1 amide bonds. The van der Waals surface area contributed by atoms with E-state index in [1.54, 1.807) is 24.3 Å². The van der Waals surface area contributed by atoms with Gasteiger partial charge in [0.15, 0.2) is 0 Å². The number of rotatable bonds is 6. The van der Waals surface area contributed by atoms with Crippen molar-refractivity contribution in [3.05, 3.63) is 95.6 Å². The number of carbonyl (C=O) groups is 1. The summed E-state index contributed by atoms with van der Waals surface area (Å²) in [6, 6.07) is 22.6. The molecule has 6 heteroatoms. The Bertz CT molecular complexity index is 1150. The van der Waals surface area contributed by atoms with Crippen molar-refractivity contribution < 1.29 is 18.0 Å². The van der Waals surface area contributed by atoms with E-state index in [0.717, 1.165) is 31.8 Å². The number of carbonyl (C=O) groups excluding carboxylic acids is 1. The van der Waals surface area contributed by atoms with Crippen LogP contribution in [-0.2, 0) is 12.7 Å². The number of likely N-dealkylation sites (tertiary alicyclic amines) is 1. The molecule has 35 heavy (non-hydrogen) atoms. The molecule has 2 fully saturated rings. The third kappa shape index (κ3) is 5.27. The van der Waals surface area contributed by atoms with Crippen molar-refractivity contribution in [2.45, 2.75) is 25.6 Å². The molecule has 5 rings (SSSR count). The molecule has 2 atom stereocenters. The van der Waals surface area contributed by atoms with Gasteiger partial charge in [0.25, 0.3) is 5.91 Å². The van der Waals surface area contributed by atoms with Crippen molar-refractivity contribution in [2.75, 3.05) is 19.6 Å². The average Bonchev–Trinajstić information content (AvgIpc) is 3.10. The lowest BCUT2D eigenvalue weighted by atomic mass is 9.84. The van der Waals surface area contributed by atoms with Crippen LogP contribution in [0.25, 0.3) is 11.1 Å². The standard InChI is InChI=1S/C29H29F3N2O/c30-29(31,32)24-14-12-21(13-15-24)25-8-4-5-9-26(25)28(35)33-16-27-22-10-11-23(27)19-34(18-22)17-20-6-2-1-3-7-20/h1-9,12-15,22-23,27H,10-11,16-19H2,(H,33,35). The normalized spacial score (nSPS) is 22.2. The minimum Gasteiger partial charge on any atom is -0.352 e. The van der Waals surface area contributed by atoms with Crippen LogP contribution in [0.5, 0.6) is 0 Å². The lowest BCUT2D eigenvalue weighted by molar-refractivity contribution is -0.137. The van der Waals surface area contributed by atoms with Crippen LogP contribution in [0, 0.1) is 17.8 Å². The number of benzene rings is 3. The first-order chi connectivity index (χ1) is 16.9. The number of nitrogens with zero attached hydrogens (tertiary/aromatic N) is 1. The third-order valence-corrected chi connectivity index (χ3v) is 7.55. The van der Waals surface area contributed by atoms with Crippen LogP contribution in [0.3, 0.4) is 0 Å². The van der Waals surface area contributed by atoms with E-state index >= 15 is 0 Å². The minimum atomic E-state index is -4.38. The van der Waals surface area contributed by atoms with E-state index in [0.29, 0.717) is 41.0 Å². The SMILES string of the molecule is O=C(NCC1C2CCC1CN(Cc1ccccc1)C2)c1ccccc1-c1ccc(C(F)(F)F)cc1. The summed E-state index contributed by atoms with van der Waals surface area (Å²) in [5, 5.41) is 3.14. The van der Waals surface area contributed by atoms with Crippen molar-refractivity contribution in [3.63, 3.8) is 0 Å². The van der Waals surface area contributed by atoms with Gasteiger partial charge in [-0.3, -0.25) is 9.69 Å². The number of hydrogen-bond donors (Lipinski definition) is 1. The third-order valence-electron chi connectivity index (χ3n) is 7.55. The molecule has 2 bridgehead atoms. The predicted octanol–water partition coefficient (Wildman–Crippen LogP) is 6.26.